The molecule has 0 bridgehead atoms. The van der Waals surface area contributed by atoms with E-state index in [0.29, 0.717) is 17.1 Å². The van der Waals surface area contributed by atoms with Crippen molar-refractivity contribution in [1.82, 2.24) is 9.78 Å². The molecular weight excluding hydrogens is 292 g/mol. The normalized spacial score (nSPS) is 12.0. The Bertz CT molecular complexity index is 754. The zero-order valence-corrected chi connectivity index (χ0v) is 13.7. The van der Waals surface area contributed by atoms with Gasteiger partial charge in [0, 0.05) is 11.6 Å². The van der Waals surface area contributed by atoms with Crippen LogP contribution in [0.15, 0.2) is 24.3 Å². The fourth-order valence-electron chi connectivity index (χ4n) is 2.40. The van der Waals surface area contributed by atoms with E-state index < -0.39 is 0 Å². The number of methoxy groups -OCH3 is 1. The van der Waals surface area contributed by atoms with Crippen molar-refractivity contribution in [2.45, 2.75) is 32.7 Å². The average Bonchev–Trinajstić information content (AvgIpc) is 2.90. The number of nitrogen functional groups attached to an aromatic ring is 1. The van der Waals surface area contributed by atoms with Crippen LogP contribution in [0.25, 0.3) is 11.3 Å². The van der Waals surface area contributed by atoms with Gasteiger partial charge in [-0.15, -0.1) is 0 Å². The first-order chi connectivity index (χ1) is 10.9. The maximum absolute atomic E-state index is 11.6. The molecule has 0 saturated heterocycles. The van der Waals surface area contributed by atoms with Crippen molar-refractivity contribution in [1.29, 1.82) is 5.26 Å². The van der Waals surface area contributed by atoms with Crippen LogP contribution < -0.4 is 5.73 Å². The van der Waals surface area contributed by atoms with Crippen LogP contribution >= 0.6 is 0 Å². The Morgan fingerprint density at radius 3 is 2.39 bits per heavy atom. The van der Waals surface area contributed by atoms with Crippen molar-refractivity contribution >= 4 is 11.8 Å². The highest BCUT2D eigenvalue weighted by atomic mass is 16.5. The van der Waals surface area contributed by atoms with Crippen molar-refractivity contribution in [3.63, 3.8) is 0 Å². The molecule has 120 valence electrons. The minimum Gasteiger partial charge on any atom is -0.469 e. The first-order valence-corrected chi connectivity index (χ1v) is 7.36. The van der Waals surface area contributed by atoms with Gasteiger partial charge in [-0.2, -0.15) is 10.4 Å². The second-order valence-electron chi connectivity index (χ2n) is 5.63. The smallest absolute Gasteiger partial charge is 0.312 e. The maximum atomic E-state index is 11.6. The molecule has 1 aromatic heterocycles. The van der Waals surface area contributed by atoms with Gasteiger partial charge in [-0.05, 0) is 26.3 Å². The van der Waals surface area contributed by atoms with Crippen LogP contribution in [-0.2, 0) is 9.53 Å². The summed E-state index contributed by atoms with van der Waals surface area (Å²) >= 11 is 0. The average molecular weight is 312 g/mol. The van der Waals surface area contributed by atoms with Gasteiger partial charge in [0.15, 0.2) is 0 Å². The molecule has 1 aromatic carbocycles. The molecule has 6 nitrogen and oxygen atoms in total. The van der Waals surface area contributed by atoms with Crippen LogP contribution in [0, 0.1) is 11.3 Å². The Labute approximate surface area is 135 Å². The molecule has 0 aliphatic carbocycles. The number of esters is 1. The lowest BCUT2D eigenvalue weighted by Crippen LogP contribution is -2.10. The number of anilines is 1. The standard InChI is InChI=1S/C17H20N4O2/c1-10(2)21-16(19)14(9-18)15(20-21)13-7-5-12(6-8-13)11(3)17(22)23-4/h5-8,10-11H,19H2,1-4H3. The van der Waals surface area contributed by atoms with Crippen molar-refractivity contribution in [3.05, 3.63) is 35.4 Å². The monoisotopic (exact) mass is 312 g/mol. The number of nitrogens with two attached hydrogens (primary N) is 1. The van der Waals surface area contributed by atoms with E-state index in [9.17, 15) is 10.1 Å². The summed E-state index contributed by atoms with van der Waals surface area (Å²) in [5, 5.41) is 13.8. The van der Waals surface area contributed by atoms with Crippen molar-refractivity contribution in [2.24, 2.45) is 0 Å². The number of nitrogens with zero attached hydrogens (tertiary/aromatic N) is 3. The lowest BCUT2D eigenvalue weighted by atomic mass is 9.98. The van der Waals surface area contributed by atoms with E-state index in [-0.39, 0.29) is 17.9 Å². The van der Waals surface area contributed by atoms with Gasteiger partial charge in [0.05, 0.1) is 13.0 Å². The van der Waals surface area contributed by atoms with Crippen LogP contribution in [0.4, 0.5) is 5.82 Å². The van der Waals surface area contributed by atoms with E-state index >= 15 is 0 Å². The molecule has 1 heterocycles. The van der Waals surface area contributed by atoms with Crippen molar-refractivity contribution in [2.75, 3.05) is 12.8 Å². The zero-order valence-electron chi connectivity index (χ0n) is 13.7. The number of benzene rings is 1. The van der Waals surface area contributed by atoms with Crippen LogP contribution in [0.2, 0.25) is 0 Å². The second kappa shape index (κ2) is 6.53. The predicted molar refractivity (Wildman–Crippen MR) is 87.6 cm³/mol. The fourth-order valence-corrected chi connectivity index (χ4v) is 2.40. The summed E-state index contributed by atoms with van der Waals surface area (Å²) in [6, 6.07) is 9.53. The number of carbonyl (C=O) groups excluding carboxylic acids is 1. The summed E-state index contributed by atoms with van der Waals surface area (Å²) in [5.74, 6) is -0.268. The van der Waals surface area contributed by atoms with E-state index in [0.717, 1.165) is 11.1 Å². The number of hydrogen-bond acceptors (Lipinski definition) is 5. The first-order valence-electron chi connectivity index (χ1n) is 7.36. The van der Waals surface area contributed by atoms with Crippen LogP contribution in [-0.4, -0.2) is 22.9 Å². The predicted octanol–water partition coefficient (Wildman–Crippen LogP) is 2.86. The molecule has 0 aliphatic heterocycles. The van der Waals surface area contributed by atoms with Crippen molar-refractivity contribution < 1.29 is 9.53 Å². The Hall–Kier alpha value is -2.81. The minimum absolute atomic E-state index is 0.0643. The summed E-state index contributed by atoms with van der Waals surface area (Å²) in [5.41, 5.74) is 8.55. The molecule has 2 aromatic rings. The summed E-state index contributed by atoms with van der Waals surface area (Å²) < 4.78 is 6.39. The highest BCUT2D eigenvalue weighted by Crippen LogP contribution is 2.29. The highest BCUT2D eigenvalue weighted by molar-refractivity contribution is 5.78. The van der Waals surface area contributed by atoms with Gasteiger partial charge < -0.3 is 10.5 Å². The Kier molecular flexibility index (Phi) is 4.70. The molecule has 0 radical (unpaired) electrons. The van der Waals surface area contributed by atoms with E-state index in [2.05, 4.69) is 11.2 Å². The van der Waals surface area contributed by atoms with E-state index in [1.165, 1.54) is 7.11 Å². The molecule has 23 heavy (non-hydrogen) atoms. The van der Waals surface area contributed by atoms with Crippen molar-refractivity contribution in [3.8, 4) is 17.3 Å². The number of hydrogen-bond donors (Lipinski definition) is 1. The lowest BCUT2D eigenvalue weighted by Gasteiger charge is -2.09. The molecule has 0 amide bonds. The van der Waals surface area contributed by atoms with Crippen LogP contribution in [0.5, 0.6) is 0 Å². The van der Waals surface area contributed by atoms with Gasteiger partial charge in [-0.3, -0.25) is 4.79 Å². The lowest BCUT2D eigenvalue weighted by molar-refractivity contribution is -0.141. The first kappa shape index (κ1) is 16.6. The van der Waals surface area contributed by atoms with Gasteiger partial charge in [0.2, 0.25) is 0 Å². The molecule has 0 spiro atoms. The van der Waals surface area contributed by atoms with Gasteiger partial charge in [-0.1, -0.05) is 24.3 Å². The zero-order chi connectivity index (χ0) is 17.1. The molecule has 2 N–H and O–H groups in total. The number of nitriles is 1. The van der Waals surface area contributed by atoms with Crippen LogP contribution in [0.1, 0.15) is 43.9 Å². The number of ether oxygens (including phenoxy) is 1. The van der Waals surface area contributed by atoms with E-state index in [1.807, 2.05) is 38.1 Å². The number of rotatable bonds is 4. The Morgan fingerprint density at radius 2 is 1.91 bits per heavy atom. The van der Waals surface area contributed by atoms with Gasteiger partial charge in [0.1, 0.15) is 23.1 Å². The van der Waals surface area contributed by atoms with E-state index in [4.69, 9.17) is 10.5 Å². The highest BCUT2D eigenvalue weighted by Gasteiger charge is 2.20. The molecule has 0 aliphatic rings. The molecule has 6 heteroatoms. The molecule has 1 unspecified atom stereocenters. The SMILES string of the molecule is COC(=O)C(C)c1ccc(-c2nn(C(C)C)c(N)c2C#N)cc1. The quantitative estimate of drug-likeness (QED) is 0.876. The van der Waals surface area contributed by atoms with E-state index in [1.54, 1.807) is 11.6 Å². The third kappa shape index (κ3) is 3.04. The fraction of sp³-hybridized carbons (Fsp3) is 0.353. The third-order valence-electron chi connectivity index (χ3n) is 3.79. The summed E-state index contributed by atoms with van der Waals surface area (Å²) in [6.45, 7) is 5.69. The Balaban J connectivity index is 2.43. The molecular formula is C17H20N4O2. The third-order valence-corrected chi connectivity index (χ3v) is 3.79. The molecule has 0 saturated carbocycles. The minimum atomic E-state index is -0.345. The topological polar surface area (TPSA) is 93.9 Å². The molecule has 0 fully saturated rings. The second-order valence-corrected chi connectivity index (χ2v) is 5.63. The summed E-state index contributed by atoms with van der Waals surface area (Å²) in [4.78, 5) is 11.6. The number of carbonyl (C=O) groups is 1. The number of aromatic nitrogens is 2. The maximum Gasteiger partial charge on any atom is 0.312 e. The largest absolute Gasteiger partial charge is 0.469 e. The summed E-state index contributed by atoms with van der Waals surface area (Å²) in [6.07, 6.45) is 0. The summed E-state index contributed by atoms with van der Waals surface area (Å²) in [7, 11) is 1.37. The molecule has 2 rings (SSSR count). The van der Waals surface area contributed by atoms with Gasteiger partial charge in [-0.25, -0.2) is 4.68 Å². The van der Waals surface area contributed by atoms with Crippen LogP contribution in [0.3, 0.4) is 0 Å². The molecule has 1 atom stereocenters. The van der Waals surface area contributed by atoms with Gasteiger partial charge >= 0.3 is 5.97 Å². The Morgan fingerprint density at radius 1 is 1.30 bits per heavy atom. The van der Waals surface area contributed by atoms with Gasteiger partial charge in [0.25, 0.3) is 0 Å².